The average molecular weight is 590 g/mol. The molecule has 0 radical (unpaired) electrons. The molecule has 2 N–H and O–H groups in total. The second kappa shape index (κ2) is 10.5. The molecule has 4 amide bonds. The van der Waals surface area contributed by atoms with Gasteiger partial charge in [-0.15, -0.1) is 0 Å². The van der Waals surface area contributed by atoms with Gasteiger partial charge < -0.3 is 20.4 Å². The lowest BCUT2D eigenvalue weighted by atomic mass is 9.63. The van der Waals surface area contributed by atoms with E-state index in [1.165, 1.54) is 6.07 Å². The number of nitrogens with zero attached hydrogens (tertiary/aromatic N) is 2. The minimum Gasteiger partial charge on any atom is -0.343 e. The van der Waals surface area contributed by atoms with Crippen LogP contribution in [0.2, 0.25) is 10.0 Å². The van der Waals surface area contributed by atoms with Crippen molar-refractivity contribution in [1.82, 2.24) is 15.1 Å². The molecule has 7 nitrogen and oxygen atoms in total. The Morgan fingerprint density at radius 1 is 1.15 bits per heavy atom. The first-order chi connectivity index (χ1) is 18.8. The van der Waals surface area contributed by atoms with E-state index >= 15 is 4.39 Å². The number of likely N-dealkylation sites (tertiary alicyclic amines) is 2. The molecule has 2 aromatic rings. The molecule has 40 heavy (non-hydrogen) atoms. The van der Waals surface area contributed by atoms with Gasteiger partial charge in [0.1, 0.15) is 11.2 Å². The third-order valence-corrected chi connectivity index (χ3v) is 9.05. The van der Waals surface area contributed by atoms with Crippen LogP contribution >= 0.6 is 23.2 Å². The van der Waals surface area contributed by atoms with Crippen molar-refractivity contribution in [3.63, 3.8) is 0 Å². The van der Waals surface area contributed by atoms with Crippen molar-refractivity contribution in [3.8, 4) is 0 Å². The van der Waals surface area contributed by atoms with Crippen molar-refractivity contribution < 1.29 is 18.8 Å². The lowest BCUT2D eigenvalue weighted by Gasteiger charge is -2.39. The van der Waals surface area contributed by atoms with Gasteiger partial charge in [-0.25, -0.2) is 9.18 Å². The van der Waals surface area contributed by atoms with Gasteiger partial charge >= 0.3 is 6.03 Å². The number of carbonyl (C=O) groups is 3. The summed E-state index contributed by atoms with van der Waals surface area (Å²) in [5, 5.41) is 6.53. The fourth-order valence-electron chi connectivity index (χ4n) is 6.87. The largest absolute Gasteiger partial charge is 0.343 e. The summed E-state index contributed by atoms with van der Waals surface area (Å²) in [4.78, 5) is 43.4. The minimum atomic E-state index is -1.26. The van der Waals surface area contributed by atoms with E-state index in [0.29, 0.717) is 48.6 Å². The van der Waals surface area contributed by atoms with Crippen LogP contribution in [0.25, 0.3) is 0 Å². The van der Waals surface area contributed by atoms with Crippen molar-refractivity contribution in [2.75, 3.05) is 25.0 Å². The zero-order chi connectivity index (χ0) is 29.0. The molecule has 10 heteroatoms. The topological polar surface area (TPSA) is 81.8 Å². The number of nitrogens with one attached hydrogen (secondary N) is 2. The number of urea groups is 1. The summed E-state index contributed by atoms with van der Waals surface area (Å²) in [6.07, 6.45) is 1.85. The smallest absolute Gasteiger partial charge is 0.318 e. The second-order valence-electron chi connectivity index (χ2n) is 12.4. The van der Waals surface area contributed by atoms with Gasteiger partial charge in [0, 0.05) is 48.9 Å². The summed E-state index contributed by atoms with van der Waals surface area (Å²) in [5.41, 5.74) is 0.0293. The molecule has 0 bridgehead atoms. The molecule has 0 aliphatic carbocycles. The van der Waals surface area contributed by atoms with E-state index in [2.05, 4.69) is 31.4 Å². The number of anilines is 1. The number of benzene rings is 2. The van der Waals surface area contributed by atoms with Gasteiger partial charge in [0.25, 0.3) is 0 Å². The quantitative estimate of drug-likeness (QED) is 0.451. The van der Waals surface area contributed by atoms with Gasteiger partial charge in [-0.05, 0) is 54.4 Å². The normalized spacial score (nSPS) is 24.8. The van der Waals surface area contributed by atoms with Crippen molar-refractivity contribution in [2.24, 2.45) is 11.3 Å². The summed E-state index contributed by atoms with van der Waals surface area (Å²) in [6, 6.07) is 8.52. The van der Waals surface area contributed by atoms with Crippen molar-refractivity contribution in [1.29, 1.82) is 0 Å². The molecule has 3 aliphatic rings. The SMILES string of the molecule is CC(=O)N1CCC(NC(=O)N2CC(CC(C)(C)C)C3(C(=O)Nc4cc(Cl)ccc43)C2c2cccc(Cl)c2F)CC1. The van der Waals surface area contributed by atoms with Gasteiger partial charge in [-0.2, -0.15) is 0 Å². The number of piperidine rings is 1. The first-order valence-corrected chi connectivity index (χ1v) is 14.5. The van der Waals surface area contributed by atoms with Crippen molar-refractivity contribution in [2.45, 2.75) is 64.5 Å². The highest BCUT2D eigenvalue weighted by molar-refractivity contribution is 6.31. The number of halogens is 3. The number of hydrogen-bond donors (Lipinski definition) is 2. The van der Waals surface area contributed by atoms with Gasteiger partial charge in [0.15, 0.2) is 0 Å². The molecule has 3 aliphatic heterocycles. The van der Waals surface area contributed by atoms with Crippen molar-refractivity contribution >= 4 is 46.7 Å². The fraction of sp³-hybridized carbons (Fsp3) is 0.500. The molecule has 2 aromatic carbocycles. The van der Waals surface area contributed by atoms with Crippen LogP contribution in [-0.2, 0) is 15.0 Å². The van der Waals surface area contributed by atoms with E-state index in [-0.39, 0.29) is 52.4 Å². The van der Waals surface area contributed by atoms with Crippen LogP contribution in [-0.4, -0.2) is 53.3 Å². The molecule has 3 atom stereocenters. The maximum atomic E-state index is 15.9. The Morgan fingerprint density at radius 3 is 2.50 bits per heavy atom. The molecule has 3 heterocycles. The number of amides is 4. The highest BCUT2D eigenvalue weighted by Gasteiger charge is 2.65. The number of rotatable bonds is 3. The molecule has 214 valence electrons. The Labute approximate surface area is 244 Å². The summed E-state index contributed by atoms with van der Waals surface area (Å²) >= 11 is 12.6. The first kappa shape index (κ1) is 28.7. The number of carbonyl (C=O) groups excluding carboxylic acids is 3. The third kappa shape index (κ3) is 4.94. The Morgan fingerprint density at radius 2 is 1.85 bits per heavy atom. The third-order valence-electron chi connectivity index (χ3n) is 8.52. The van der Waals surface area contributed by atoms with E-state index in [1.54, 1.807) is 41.0 Å². The summed E-state index contributed by atoms with van der Waals surface area (Å²) < 4.78 is 15.9. The van der Waals surface area contributed by atoms with Crippen LogP contribution in [0.1, 0.15) is 64.1 Å². The van der Waals surface area contributed by atoms with Crippen LogP contribution in [0.15, 0.2) is 36.4 Å². The Hall–Kier alpha value is -2.84. The monoisotopic (exact) mass is 588 g/mol. The molecule has 2 fully saturated rings. The molecule has 5 rings (SSSR count). The highest BCUT2D eigenvalue weighted by atomic mass is 35.5. The summed E-state index contributed by atoms with van der Waals surface area (Å²) in [7, 11) is 0. The molecular weight excluding hydrogens is 554 g/mol. The summed E-state index contributed by atoms with van der Waals surface area (Å²) in [5.74, 6) is -1.23. The maximum absolute atomic E-state index is 15.9. The van der Waals surface area contributed by atoms with E-state index in [4.69, 9.17) is 23.2 Å². The fourth-order valence-corrected chi connectivity index (χ4v) is 7.22. The van der Waals surface area contributed by atoms with E-state index in [9.17, 15) is 14.4 Å². The molecule has 0 saturated carbocycles. The van der Waals surface area contributed by atoms with Gasteiger partial charge in [0.2, 0.25) is 11.8 Å². The maximum Gasteiger partial charge on any atom is 0.318 e. The van der Waals surface area contributed by atoms with Crippen LogP contribution in [0.5, 0.6) is 0 Å². The Kier molecular flexibility index (Phi) is 7.55. The number of hydrogen-bond acceptors (Lipinski definition) is 3. The van der Waals surface area contributed by atoms with Gasteiger partial charge in [-0.3, -0.25) is 9.59 Å². The highest BCUT2D eigenvalue weighted by Crippen LogP contribution is 2.60. The van der Waals surface area contributed by atoms with E-state index in [1.807, 2.05) is 6.07 Å². The molecule has 3 unspecified atom stereocenters. The molecule has 0 aromatic heterocycles. The van der Waals surface area contributed by atoms with Crippen LogP contribution in [0, 0.1) is 17.2 Å². The zero-order valence-electron chi connectivity index (χ0n) is 23.2. The average Bonchev–Trinajstić information content (AvgIpc) is 3.35. The molecular formula is C30H35Cl2FN4O3. The first-order valence-electron chi connectivity index (χ1n) is 13.7. The van der Waals surface area contributed by atoms with E-state index in [0.717, 1.165) is 0 Å². The van der Waals surface area contributed by atoms with E-state index < -0.39 is 17.3 Å². The van der Waals surface area contributed by atoms with Crippen LogP contribution in [0.4, 0.5) is 14.9 Å². The van der Waals surface area contributed by atoms with Crippen LogP contribution < -0.4 is 10.6 Å². The van der Waals surface area contributed by atoms with Crippen LogP contribution in [0.3, 0.4) is 0 Å². The second-order valence-corrected chi connectivity index (χ2v) is 13.2. The Balaban J connectivity index is 1.62. The number of fused-ring (bicyclic) bond motifs is 2. The van der Waals surface area contributed by atoms with Gasteiger partial charge in [0.05, 0.1) is 11.1 Å². The predicted octanol–water partition coefficient (Wildman–Crippen LogP) is 6.15. The Bertz CT molecular complexity index is 1350. The lowest BCUT2D eigenvalue weighted by Crippen LogP contribution is -2.51. The van der Waals surface area contributed by atoms with Gasteiger partial charge in [-0.1, -0.05) is 62.2 Å². The molecule has 1 spiro atoms. The standard InChI is InChI=1S/C30H35Cl2FN4O3/c1-17(38)36-12-10-20(11-13-36)34-28(40)37-16-18(15-29(2,3)4)30(26(37)21-6-5-7-23(32)25(21)33)22-9-8-19(31)14-24(22)35-27(30)39/h5-9,14,18,20,26H,10-13,15-16H2,1-4H3,(H,34,40)(H,35,39). The zero-order valence-corrected chi connectivity index (χ0v) is 24.7. The predicted molar refractivity (Wildman–Crippen MR) is 154 cm³/mol. The lowest BCUT2D eigenvalue weighted by molar-refractivity contribution is -0.129. The van der Waals surface area contributed by atoms with Crippen molar-refractivity contribution in [3.05, 3.63) is 63.4 Å². The summed E-state index contributed by atoms with van der Waals surface area (Å²) in [6.45, 7) is 9.19. The minimum absolute atomic E-state index is 0.0128. The molecule has 2 saturated heterocycles.